The van der Waals surface area contributed by atoms with E-state index in [4.69, 9.17) is 0 Å². The Morgan fingerprint density at radius 1 is 1.06 bits per heavy atom. The molecule has 0 bridgehead atoms. The van der Waals surface area contributed by atoms with E-state index in [2.05, 4.69) is 15.1 Å². The molecule has 4 rings (SSSR count). The maximum atomic E-state index is 14.8. The molecule has 3 aromatic rings. The summed E-state index contributed by atoms with van der Waals surface area (Å²) in [5, 5.41) is 3.82. The number of hydrogen-bond donors (Lipinski definition) is 0. The number of hydrogen-bond acceptors (Lipinski definition) is 4. The van der Waals surface area contributed by atoms with E-state index in [0.717, 1.165) is 23.3 Å². The molecule has 0 spiro atoms. The molecule has 0 unspecified atom stereocenters. The Morgan fingerprint density at radius 2 is 1.71 bits per heavy atom. The van der Waals surface area contributed by atoms with Crippen LogP contribution in [-0.2, 0) is 23.6 Å². The first-order valence-electron chi connectivity index (χ1n) is 10.1. The van der Waals surface area contributed by atoms with E-state index in [-0.39, 0.29) is 25.6 Å². The molecular weight excluding hydrogens is 483 g/mol. The van der Waals surface area contributed by atoms with Gasteiger partial charge in [0.2, 0.25) is 5.91 Å². The summed E-state index contributed by atoms with van der Waals surface area (Å²) in [6, 6.07) is 4.42. The van der Waals surface area contributed by atoms with Crippen LogP contribution in [0.25, 0.3) is 17.6 Å². The first-order chi connectivity index (χ1) is 16.3. The lowest BCUT2D eigenvalue weighted by Gasteiger charge is -2.44. The fraction of sp³-hybridized carbons (Fsp3) is 0.273. The van der Waals surface area contributed by atoms with Crippen molar-refractivity contribution in [3.63, 3.8) is 0 Å². The lowest BCUT2D eigenvalue weighted by Crippen LogP contribution is -2.61. The van der Waals surface area contributed by atoms with Crippen molar-refractivity contribution in [1.82, 2.24) is 24.6 Å². The number of amides is 1. The van der Waals surface area contributed by atoms with Gasteiger partial charge in [-0.1, -0.05) is 6.07 Å². The van der Waals surface area contributed by atoms with Gasteiger partial charge in [-0.2, -0.15) is 26.3 Å². The Kier molecular flexibility index (Phi) is 6.11. The van der Waals surface area contributed by atoms with Gasteiger partial charge in [0.15, 0.2) is 5.82 Å². The van der Waals surface area contributed by atoms with Crippen molar-refractivity contribution in [2.75, 3.05) is 13.1 Å². The summed E-state index contributed by atoms with van der Waals surface area (Å²) in [5.41, 5.74) is -4.39. The summed E-state index contributed by atoms with van der Waals surface area (Å²) in [4.78, 5) is 21.2. The lowest BCUT2D eigenvalue weighted by molar-refractivity contribution is -0.143. The van der Waals surface area contributed by atoms with Crippen LogP contribution in [0.15, 0.2) is 55.1 Å². The highest BCUT2D eigenvalue weighted by molar-refractivity contribution is 5.91. The third kappa shape index (κ3) is 5.66. The fourth-order valence-corrected chi connectivity index (χ4v) is 3.58. The summed E-state index contributed by atoms with van der Waals surface area (Å²) in [6.07, 6.45) is -3.63. The van der Waals surface area contributed by atoms with Crippen molar-refractivity contribution in [3.05, 3.63) is 71.8 Å². The smallest absolute Gasteiger partial charge is 0.333 e. The summed E-state index contributed by atoms with van der Waals surface area (Å²) in [7, 11) is 0. The third-order valence-corrected chi connectivity index (χ3v) is 5.23. The molecule has 0 aliphatic carbocycles. The van der Waals surface area contributed by atoms with Crippen LogP contribution < -0.4 is 0 Å². The molecule has 13 heteroatoms. The molecule has 0 atom stereocenters. The van der Waals surface area contributed by atoms with Crippen molar-refractivity contribution < 1.29 is 35.5 Å². The molecule has 1 aliphatic rings. The maximum absolute atomic E-state index is 14.8. The second-order valence-corrected chi connectivity index (χ2v) is 8.04. The Hall–Kier alpha value is -3.77. The van der Waals surface area contributed by atoms with Gasteiger partial charge in [-0.05, 0) is 29.8 Å². The van der Waals surface area contributed by atoms with Gasteiger partial charge in [0, 0.05) is 36.7 Å². The number of nitrogens with zero attached hydrogens (tertiary/aromatic N) is 5. The van der Waals surface area contributed by atoms with Crippen LogP contribution in [0, 0.1) is 0 Å². The topological polar surface area (TPSA) is 63.9 Å². The summed E-state index contributed by atoms with van der Waals surface area (Å²) < 4.78 is 94.1. The van der Waals surface area contributed by atoms with E-state index in [1.165, 1.54) is 11.1 Å². The molecule has 35 heavy (non-hydrogen) atoms. The zero-order chi connectivity index (χ0) is 25.4. The summed E-state index contributed by atoms with van der Waals surface area (Å²) in [6.45, 7) is -0.281. The molecule has 6 nitrogen and oxygen atoms in total. The number of carbonyl (C=O) groups is 1. The highest BCUT2D eigenvalue weighted by Gasteiger charge is 2.45. The molecule has 1 aliphatic heterocycles. The number of pyridine rings is 1. The van der Waals surface area contributed by atoms with Gasteiger partial charge in [0.05, 0.1) is 24.2 Å². The van der Waals surface area contributed by atoms with Crippen molar-refractivity contribution in [2.45, 2.75) is 24.4 Å². The van der Waals surface area contributed by atoms with Gasteiger partial charge >= 0.3 is 12.4 Å². The Balaban J connectivity index is 1.44. The highest BCUT2D eigenvalue weighted by Crippen LogP contribution is 2.38. The molecule has 0 N–H and O–H groups in total. The van der Waals surface area contributed by atoms with Gasteiger partial charge in [-0.15, -0.1) is 5.10 Å². The summed E-state index contributed by atoms with van der Waals surface area (Å²) >= 11 is 0. The minimum Gasteiger partial charge on any atom is -0.333 e. The second-order valence-electron chi connectivity index (χ2n) is 8.04. The van der Waals surface area contributed by atoms with Crippen molar-refractivity contribution in [2.24, 2.45) is 0 Å². The number of alkyl halides is 7. The Labute approximate surface area is 193 Å². The van der Waals surface area contributed by atoms with Crippen LogP contribution in [0.2, 0.25) is 0 Å². The SMILES string of the molecule is O=C(/C=C\n1cnc(-c2cc(C(F)(F)F)cc(C(F)(F)F)c2)n1)N1CC(F)(Cc2cccnc2)C1. The maximum Gasteiger partial charge on any atom is 0.416 e. The van der Waals surface area contributed by atoms with Crippen molar-refractivity contribution in [3.8, 4) is 11.4 Å². The molecule has 1 fully saturated rings. The lowest BCUT2D eigenvalue weighted by atomic mass is 9.89. The predicted octanol–water partition coefficient (Wildman–Crippen LogP) is 4.64. The van der Waals surface area contributed by atoms with E-state index in [1.54, 1.807) is 18.3 Å². The molecule has 0 radical (unpaired) electrons. The minimum atomic E-state index is -5.01. The van der Waals surface area contributed by atoms with Crippen LogP contribution in [-0.4, -0.2) is 49.3 Å². The number of aromatic nitrogens is 4. The Morgan fingerprint density at radius 3 is 2.29 bits per heavy atom. The first kappa shape index (κ1) is 24.4. The number of carbonyl (C=O) groups excluding carboxylic acids is 1. The molecule has 2 aromatic heterocycles. The quantitative estimate of drug-likeness (QED) is 0.379. The monoisotopic (exact) mass is 499 g/mol. The largest absolute Gasteiger partial charge is 0.416 e. The van der Waals surface area contributed by atoms with E-state index in [0.29, 0.717) is 17.7 Å². The van der Waals surface area contributed by atoms with E-state index < -0.39 is 46.4 Å². The van der Waals surface area contributed by atoms with Gasteiger partial charge < -0.3 is 4.90 Å². The van der Waals surface area contributed by atoms with Crippen LogP contribution in [0.1, 0.15) is 16.7 Å². The molecule has 1 amide bonds. The van der Waals surface area contributed by atoms with Crippen LogP contribution in [0.3, 0.4) is 0 Å². The molecular formula is C22H16F7N5O. The normalized spacial score (nSPS) is 15.9. The van der Waals surface area contributed by atoms with Crippen LogP contribution in [0.5, 0.6) is 0 Å². The van der Waals surface area contributed by atoms with Crippen LogP contribution >= 0.6 is 0 Å². The second kappa shape index (κ2) is 8.78. The average molecular weight is 499 g/mol. The first-order valence-corrected chi connectivity index (χ1v) is 10.1. The van der Waals surface area contributed by atoms with Gasteiger partial charge in [0.1, 0.15) is 12.0 Å². The van der Waals surface area contributed by atoms with E-state index >= 15 is 0 Å². The van der Waals surface area contributed by atoms with Crippen LogP contribution in [0.4, 0.5) is 30.7 Å². The molecule has 1 saturated heterocycles. The molecule has 1 aromatic carbocycles. The predicted molar refractivity (Wildman–Crippen MR) is 109 cm³/mol. The van der Waals surface area contributed by atoms with Crippen molar-refractivity contribution >= 4 is 12.1 Å². The summed E-state index contributed by atoms with van der Waals surface area (Å²) in [5.74, 6) is -0.943. The number of likely N-dealkylation sites (tertiary alicyclic amines) is 1. The molecule has 3 heterocycles. The number of halogens is 7. The third-order valence-electron chi connectivity index (χ3n) is 5.23. The number of rotatable bonds is 5. The number of benzene rings is 1. The van der Waals surface area contributed by atoms with Gasteiger partial charge in [-0.3, -0.25) is 9.78 Å². The molecule has 0 saturated carbocycles. The zero-order valence-electron chi connectivity index (χ0n) is 17.7. The highest BCUT2D eigenvalue weighted by atomic mass is 19.4. The average Bonchev–Trinajstić information content (AvgIpc) is 3.24. The Bertz CT molecular complexity index is 1210. The standard InChI is InChI=1S/C22H16F7N5O/c23-20(9-14-2-1-4-30-10-14)11-33(12-20)18(35)3-5-34-13-31-19(32-34)15-6-16(21(24,25)26)8-17(7-15)22(27,28)29/h1-8,10,13H,9,11-12H2/b5-3-. The fourth-order valence-electron chi connectivity index (χ4n) is 3.58. The van der Waals surface area contributed by atoms with E-state index in [1.807, 2.05) is 0 Å². The van der Waals surface area contributed by atoms with E-state index in [9.17, 15) is 35.5 Å². The van der Waals surface area contributed by atoms with Gasteiger partial charge in [0.25, 0.3) is 0 Å². The minimum absolute atomic E-state index is 0.00530. The van der Waals surface area contributed by atoms with Gasteiger partial charge in [-0.25, -0.2) is 14.1 Å². The zero-order valence-corrected chi connectivity index (χ0v) is 17.7. The molecule has 184 valence electrons. The van der Waals surface area contributed by atoms with Crippen molar-refractivity contribution in [1.29, 1.82) is 0 Å².